The molecule has 6 heteroatoms. The van der Waals surface area contributed by atoms with Crippen molar-refractivity contribution in [1.82, 2.24) is 4.57 Å². The molecule has 3 aromatic rings. The van der Waals surface area contributed by atoms with Gasteiger partial charge in [-0.05, 0) is 35.1 Å². The summed E-state index contributed by atoms with van der Waals surface area (Å²) in [6, 6.07) is 17.2. The van der Waals surface area contributed by atoms with Crippen LogP contribution in [-0.4, -0.2) is 17.6 Å². The van der Waals surface area contributed by atoms with Gasteiger partial charge in [0.15, 0.2) is 4.80 Å². The Hall–Kier alpha value is -3.25. The van der Waals surface area contributed by atoms with Crippen LogP contribution < -0.4 is 14.9 Å². The number of ether oxygens (including phenoxy) is 1. The third-order valence-corrected chi connectivity index (χ3v) is 6.60. The van der Waals surface area contributed by atoms with Crippen LogP contribution in [0.1, 0.15) is 50.4 Å². The number of nitrogens with zero attached hydrogens (tertiary/aromatic N) is 2. The Kier molecular flexibility index (Phi) is 5.73. The van der Waals surface area contributed by atoms with Crippen molar-refractivity contribution < 1.29 is 9.53 Å². The van der Waals surface area contributed by atoms with Crippen molar-refractivity contribution in [3.8, 4) is 0 Å². The van der Waals surface area contributed by atoms with E-state index in [4.69, 9.17) is 4.74 Å². The van der Waals surface area contributed by atoms with Crippen LogP contribution in [-0.2, 0) is 14.9 Å². The van der Waals surface area contributed by atoms with Gasteiger partial charge in [-0.1, -0.05) is 86.7 Å². The normalized spacial score (nSPS) is 16.5. The summed E-state index contributed by atoms with van der Waals surface area (Å²) >= 11 is 1.33. The summed E-state index contributed by atoms with van der Waals surface area (Å²) in [6.07, 6.45) is 1.88. The van der Waals surface area contributed by atoms with E-state index in [9.17, 15) is 9.59 Å². The number of thiazole rings is 1. The number of allylic oxidation sites excluding steroid dienone is 1. The first kappa shape index (κ1) is 22.0. The minimum absolute atomic E-state index is 0.0648. The molecule has 1 aliphatic rings. The molecule has 164 valence electrons. The predicted octanol–water partition coefficient (Wildman–Crippen LogP) is 3.71. The van der Waals surface area contributed by atoms with Crippen LogP contribution in [0.25, 0.3) is 6.08 Å². The standard InChI is InChI=1S/C26H26N2O3S/c1-16-21(24(30)31-5)22(18-9-7-6-8-10-18)28-23(29)20(32-25(28)27-16)15-17-11-13-19(14-12-17)26(2,3)4/h6-15,22H,1-5H3/t22-/m0/s1. The topological polar surface area (TPSA) is 60.7 Å². The van der Waals surface area contributed by atoms with Gasteiger partial charge in [0, 0.05) is 0 Å². The number of carbonyl (C=O) groups excluding carboxylic acids is 1. The molecule has 32 heavy (non-hydrogen) atoms. The van der Waals surface area contributed by atoms with E-state index in [-0.39, 0.29) is 11.0 Å². The Morgan fingerprint density at radius 2 is 1.75 bits per heavy atom. The highest BCUT2D eigenvalue weighted by molar-refractivity contribution is 7.07. The molecular weight excluding hydrogens is 420 g/mol. The van der Waals surface area contributed by atoms with Crippen molar-refractivity contribution in [3.05, 3.63) is 102 Å². The number of benzene rings is 2. The highest BCUT2D eigenvalue weighted by Gasteiger charge is 2.32. The number of methoxy groups -OCH3 is 1. The summed E-state index contributed by atoms with van der Waals surface area (Å²) in [7, 11) is 1.34. The van der Waals surface area contributed by atoms with Gasteiger partial charge in [0.25, 0.3) is 5.56 Å². The van der Waals surface area contributed by atoms with E-state index in [2.05, 4.69) is 37.9 Å². The van der Waals surface area contributed by atoms with Crippen LogP contribution >= 0.6 is 11.3 Å². The maximum atomic E-state index is 13.5. The molecule has 0 fully saturated rings. The Bertz CT molecular complexity index is 1370. The molecule has 2 heterocycles. The fraction of sp³-hybridized carbons (Fsp3) is 0.269. The van der Waals surface area contributed by atoms with Gasteiger partial charge in [-0.2, -0.15) is 0 Å². The second-order valence-corrected chi connectivity index (χ2v) is 9.87. The van der Waals surface area contributed by atoms with Crippen molar-refractivity contribution in [2.45, 2.75) is 39.2 Å². The lowest BCUT2D eigenvalue weighted by molar-refractivity contribution is -0.136. The Labute approximate surface area is 191 Å². The molecule has 0 amide bonds. The first-order valence-corrected chi connectivity index (χ1v) is 11.3. The molecule has 1 atom stereocenters. The highest BCUT2D eigenvalue weighted by Crippen LogP contribution is 2.30. The quantitative estimate of drug-likeness (QED) is 0.577. The Morgan fingerprint density at radius 3 is 2.34 bits per heavy atom. The van der Waals surface area contributed by atoms with Gasteiger partial charge in [0.05, 0.1) is 29.0 Å². The predicted molar refractivity (Wildman–Crippen MR) is 127 cm³/mol. The molecule has 0 bridgehead atoms. The van der Waals surface area contributed by atoms with Gasteiger partial charge in [-0.3, -0.25) is 9.36 Å². The summed E-state index contributed by atoms with van der Waals surface area (Å²) < 4.78 is 7.21. The second kappa shape index (κ2) is 8.36. The zero-order chi connectivity index (χ0) is 23.0. The molecule has 1 aromatic heterocycles. The van der Waals surface area contributed by atoms with Crippen molar-refractivity contribution in [1.29, 1.82) is 0 Å². The molecule has 0 radical (unpaired) electrons. The van der Waals surface area contributed by atoms with E-state index >= 15 is 0 Å². The lowest BCUT2D eigenvalue weighted by atomic mass is 9.87. The van der Waals surface area contributed by atoms with Crippen LogP contribution in [0.5, 0.6) is 0 Å². The zero-order valence-corrected chi connectivity index (χ0v) is 19.7. The molecular formula is C26H26N2O3S. The van der Waals surface area contributed by atoms with Crippen LogP contribution in [0.15, 0.2) is 75.7 Å². The smallest absolute Gasteiger partial charge is 0.338 e. The summed E-state index contributed by atoms with van der Waals surface area (Å²) in [5, 5.41) is 0. The molecule has 1 aliphatic heterocycles. The van der Waals surface area contributed by atoms with Crippen molar-refractivity contribution in [3.63, 3.8) is 0 Å². The largest absolute Gasteiger partial charge is 0.466 e. The second-order valence-electron chi connectivity index (χ2n) is 8.86. The average Bonchev–Trinajstić information content (AvgIpc) is 3.07. The Balaban J connectivity index is 1.89. The number of rotatable bonds is 3. The molecule has 4 rings (SSSR count). The third-order valence-electron chi connectivity index (χ3n) is 5.62. The van der Waals surface area contributed by atoms with E-state index in [0.717, 1.165) is 11.1 Å². The van der Waals surface area contributed by atoms with Gasteiger partial charge < -0.3 is 4.74 Å². The molecule has 0 saturated carbocycles. The van der Waals surface area contributed by atoms with E-state index < -0.39 is 12.0 Å². The van der Waals surface area contributed by atoms with Crippen LogP contribution in [0, 0.1) is 0 Å². The van der Waals surface area contributed by atoms with Crippen molar-refractivity contribution >= 4 is 23.4 Å². The van der Waals surface area contributed by atoms with Crippen molar-refractivity contribution in [2.24, 2.45) is 4.99 Å². The van der Waals surface area contributed by atoms with Gasteiger partial charge in [-0.25, -0.2) is 9.79 Å². The summed E-state index contributed by atoms with van der Waals surface area (Å²) in [5.74, 6) is -0.479. The first-order valence-electron chi connectivity index (χ1n) is 10.5. The molecule has 2 aromatic carbocycles. The monoisotopic (exact) mass is 446 g/mol. The summed E-state index contributed by atoms with van der Waals surface area (Å²) in [4.78, 5) is 31.3. The number of hydrogen-bond acceptors (Lipinski definition) is 5. The van der Waals surface area contributed by atoms with Gasteiger partial charge >= 0.3 is 5.97 Å². The molecule has 0 unspecified atom stereocenters. The van der Waals surface area contributed by atoms with Gasteiger partial charge in [-0.15, -0.1) is 0 Å². The van der Waals surface area contributed by atoms with Gasteiger partial charge in [0.2, 0.25) is 0 Å². The van der Waals surface area contributed by atoms with E-state index in [0.29, 0.717) is 20.6 Å². The highest BCUT2D eigenvalue weighted by atomic mass is 32.1. The minimum Gasteiger partial charge on any atom is -0.466 e. The average molecular weight is 447 g/mol. The molecule has 5 nitrogen and oxygen atoms in total. The van der Waals surface area contributed by atoms with Crippen LogP contribution in [0.4, 0.5) is 0 Å². The Morgan fingerprint density at radius 1 is 1.09 bits per heavy atom. The molecule has 0 N–H and O–H groups in total. The number of aromatic nitrogens is 1. The van der Waals surface area contributed by atoms with Crippen LogP contribution in [0.3, 0.4) is 0 Å². The lowest BCUT2D eigenvalue weighted by Crippen LogP contribution is -2.39. The minimum atomic E-state index is -0.578. The van der Waals surface area contributed by atoms with E-state index in [1.165, 1.54) is 24.0 Å². The summed E-state index contributed by atoms with van der Waals surface area (Å²) in [6.45, 7) is 8.30. The number of fused-ring (bicyclic) bond motifs is 1. The maximum absolute atomic E-state index is 13.5. The maximum Gasteiger partial charge on any atom is 0.338 e. The fourth-order valence-corrected chi connectivity index (χ4v) is 4.92. The molecule has 0 saturated heterocycles. The number of carbonyl (C=O) groups is 1. The zero-order valence-electron chi connectivity index (χ0n) is 18.9. The van der Waals surface area contributed by atoms with Crippen LogP contribution in [0.2, 0.25) is 0 Å². The number of esters is 1. The van der Waals surface area contributed by atoms with E-state index in [1.807, 2.05) is 48.5 Å². The van der Waals surface area contributed by atoms with Crippen molar-refractivity contribution in [2.75, 3.05) is 7.11 Å². The lowest BCUT2D eigenvalue weighted by Gasteiger charge is -2.24. The fourth-order valence-electron chi connectivity index (χ4n) is 3.87. The third kappa shape index (κ3) is 3.98. The molecule has 0 aliphatic carbocycles. The van der Waals surface area contributed by atoms with E-state index in [1.54, 1.807) is 11.5 Å². The summed E-state index contributed by atoms with van der Waals surface area (Å²) in [5.41, 5.74) is 3.86. The number of hydrogen-bond donors (Lipinski definition) is 0. The first-order chi connectivity index (χ1) is 15.2. The molecule has 0 spiro atoms. The van der Waals surface area contributed by atoms with Gasteiger partial charge in [0.1, 0.15) is 0 Å². The SMILES string of the molecule is COC(=O)C1=C(C)N=c2sc(=Cc3ccc(C(C)(C)C)cc3)c(=O)n2[C@H]1c1ccccc1.